The van der Waals surface area contributed by atoms with Gasteiger partial charge in [0, 0.05) is 31.0 Å². The lowest BCUT2D eigenvalue weighted by Crippen LogP contribution is -2.36. The van der Waals surface area contributed by atoms with E-state index in [0.717, 1.165) is 24.3 Å². The van der Waals surface area contributed by atoms with E-state index in [1.54, 1.807) is 12.3 Å². The molecule has 0 atom stereocenters. The van der Waals surface area contributed by atoms with Crippen molar-refractivity contribution < 1.29 is 0 Å². The van der Waals surface area contributed by atoms with Gasteiger partial charge in [-0.1, -0.05) is 12.1 Å². The molecule has 4 rings (SSSR count). The van der Waals surface area contributed by atoms with E-state index in [1.807, 2.05) is 6.07 Å². The molecule has 1 aliphatic heterocycles. The van der Waals surface area contributed by atoms with Crippen molar-refractivity contribution in [3.8, 4) is 11.3 Å². The first-order chi connectivity index (χ1) is 11.3. The summed E-state index contributed by atoms with van der Waals surface area (Å²) in [6, 6.07) is 12.2. The maximum absolute atomic E-state index is 5.77. The molecule has 2 aromatic heterocycles. The Morgan fingerprint density at radius 3 is 2.61 bits per heavy atom. The van der Waals surface area contributed by atoms with E-state index >= 15 is 0 Å². The number of hydrogen-bond acceptors (Lipinski definition) is 5. The molecule has 1 fully saturated rings. The predicted octanol–water partition coefficient (Wildman–Crippen LogP) is 3.47. The Labute approximate surface area is 138 Å². The number of aromatic nitrogens is 4. The van der Waals surface area contributed by atoms with Crippen LogP contribution in [0, 0.1) is 0 Å². The highest BCUT2D eigenvalue weighted by Crippen LogP contribution is 2.26. The Morgan fingerprint density at radius 1 is 1.09 bits per heavy atom. The van der Waals surface area contributed by atoms with Crippen molar-refractivity contribution in [2.75, 3.05) is 23.3 Å². The summed E-state index contributed by atoms with van der Waals surface area (Å²) in [5.74, 6) is 1.29. The Kier molecular flexibility index (Phi) is 3.59. The topological polar surface area (TPSA) is 69.7 Å². The largest absolute Gasteiger partial charge is 0.371 e. The van der Waals surface area contributed by atoms with Crippen molar-refractivity contribution in [2.24, 2.45) is 0 Å². The number of rotatable bonds is 4. The van der Waals surface area contributed by atoms with Gasteiger partial charge in [-0.05, 0) is 41.8 Å². The molecule has 0 spiro atoms. The lowest BCUT2D eigenvalue weighted by molar-refractivity contribution is 0.618. The molecular weight excluding hydrogens is 312 g/mol. The summed E-state index contributed by atoms with van der Waals surface area (Å²) < 4.78 is 0. The molecule has 0 radical (unpaired) electrons. The summed E-state index contributed by atoms with van der Waals surface area (Å²) >= 11 is 5.77. The maximum atomic E-state index is 5.77. The number of hydrogen-bond donors (Lipinski definition) is 2. The van der Waals surface area contributed by atoms with E-state index in [2.05, 4.69) is 54.6 Å². The summed E-state index contributed by atoms with van der Waals surface area (Å²) in [7, 11) is 0. The van der Waals surface area contributed by atoms with Crippen molar-refractivity contribution in [3.63, 3.8) is 0 Å². The van der Waals surface area contributed by atoms with Gasteiger partial charge in [0.15, 0.2) is 5.82 Å². The average Bonchev–Trinajstić information content (AvgIpc) is 2.95. The number of anilines is 3. The van der Waals surface area contributed by atoms with Gasteiger partial charge in [0.1, 0.15) is 5.82 Å². The second kappa shape index (κ2) is 5.89. The minimum absolute atomic E-state index is 0.201. The first-order valence-electron chi connectivity index (χ1n) is 7.44. The number of nitrogens with zero attached hydrogens (tertiary/aromatic N) is 4. The number of aromatic amines is 1. The Bertz CT molecular complexity index is 809. The number of H-pyrrole nitrogens is 1. The number of halogens is 1. The minimum Gasteiger partial charge on any atom is -0.371 e. The van der Waals surface area contributed by atoms with Crippen LogP contribution in [0.1, 0.15) is 6.42 Å². The van der Waals surface area contributed by atoms with Crippen LogP contribution in [0.15, 0.2) is 42.6 Å². The van der Waals surface area contributed by atoms with Crippen LogP contribution >= 0.6 is 11.6 Å². The second-order valence-electron chi connectivity index (χ2n) is 5.39. The van der Waals surface area contributed by atoms with Gasteiger partial charge < -0.3 is 10.2 Å². The van der Waals surface area contributed by atoms with Crippen LogP contribution in [0.2, 0.25) is 5.28 Å². The first-order valence-corrected chi connectivity index (χ1v) is 7.82. The third-order valence-corrected chi connectivity index (χ3v) is 4.04. The average molecular weight is 327 g/mol. The second-order valence-corrected chi connectivity index (χ2v) is 5.73. The molecule has 3 heterocycles. The van der Waals surface area contributed by atoms with E-state index in [-0.39, 0.29) is 5.28 Å². The summed E-state index contributed by atoms with van der Waals surface area (Å²) in [5, 5.41) is 10.6. The van der Waals surface area contributed by atoms with Gasteiger partial charge in [-0.2, -0.15) is 5.10 Å². The van der Waals surface area contributed by atoms with Crippen molar-refractivity contribution in [1.29, 1.82) is 0 Å². The van der Waals surface area contributed by atoms with Gasteiger partial charge in [-0.25, -0.2) is 9.97 Å². The van der Waals surface area contributed by atoms with Gasteiger partial charge in [0.25, 0.3) is 0 Å². The van der Waals surface area contributed by atoms with Gasteiger partial charge in [0.05, 0.1) is 5.69 Å². The zero-order chi connectivity index (χ0) is 15.6. The zero-order valence-corrected chi connectivity index (χ0v) is 13.1. The molecule has 6 nitrogen and oxygen atoms in total. The third kappa shape index (κ3) is 2.98. The van der Waals surface area contributed by atoms with Crippen molar-refractivity contribution >= 4 is 28.9 Å². The van der Waals surface area contributed by atoms with Crippen LogP contribution in [0.5, 0.6) is 0 Å². The van der Waals surface area contributed by atoms with E-state index < -0.39 is 0 Å². The highest BCUT2D eigenvalue weighted by molar-refractivity contribution is 6.28. The minimum atomic E-state index is 0.201. The van der Waals surface area contributed by atoms with E-state index in [0.29, 0.717) is 11.6 Å². The first kappa shape index (κ1) is 14.0. The smallest absolute Gasteiger partial charge is 0.224 e. The molecule has 116 valence electrons. The molecule has 1 aliphatic rings. The molecule has 0 aliphatic carbocycles. The van der Waals surface area contributed by atoms with Crippen LogP contribution in [0.25, 0.3) is 11.3 Å². The SMILES string of the molecule is Clc1nccc(Nc2cc(-c3ccc(N4CCC4)cc3)[nH]n2)n1. The maximum Gasteiger partial charge on any atom is 0.224 e. The molecule has 3 aromatic rings. The molecular formula is C16H15ClN6. The summed E-state index contributed by atoms with van der Waals surface area (Å²) in [5.41, 5.74) is 3.31. The van der Waals surface area contributed by atoms with Gasteiger partial charge in [0.2, 0.25) is 5.28 Å². The predicted molar refractivity (Wildman–Crippen MR) is 91.2 cm³/mol. The van der Waals surface area contributed by atoms with Gasteiger partial charge >= 0.3 is 0 Å². The quantitative estimate of drug-likeness (QED) is 0.718. The fourth-order valence-corrected chi connectivity index (χ4v) is 2.64. The van der Waals surface area contributed by atoms with Gasteiger partial charge in [-0.3, -0.25) is 5.10 Å². The van der Waals surface area contributed by atoms with Crippen molar-refractivity contribution in [1.82, 2.24) is 20.2 Å². The third-order valence-electron chi connectivity index (χ3n) is 3.86. The van der Waals surface area contributed by atoms with Gasteiger partial charge in [-0.15, -0.1) is 0 Å². The molecule has 0 unspecified atom stereocenters. The molecule has 0 saturated carbocycles. The molecule has 1 aromatic carbocycles. The molecule has 0 amide bonds. The summed E-state index contributed by atoms with van der Waals surface area (Å²) in [6.07, 6.45) is 2.88. The standard InChI is InChI=1S/C16H15ClN6/c17-16-18-7-6-14(20-16)19-15-10-13(21-22-15)11-2-4-12(5-3-11)23-8-1-9-23/h2-7,10H,1,8-9H2,(H2,18,19,20,21,22). The Morgan fingerprint density at radius 2 is 1.91 bits per heavy atom. The molecule has 23 heavy (non-hydrogen) atoms. The Hall–Kier alpha value is -2.60. The molecule has 2 N–H and O–H groups in total. The highest BCUT2D eigenvalue weighted by Gasteiger charge is 2.14. The fourth-order valence-electron chi connectivity index (χ4n) is 2.50. The van der Waals surface area contributed by atoms with Crippen LogP contribution in [0.3, 0.4) is 0 Å². The molecule has 7 heteroatoms. The Balaban J connectivity index is 1.50. The van der Waals surface area contributed by atoms with Crippen LogP contribution in [-0.4, -0.2) is 33.3 Å². The van der Waals surface area contributed by atoms with Crippen molar-refractivity contribution in [3.05, 3.63) is 47.9 Å². The van der Waals surface area contributed by atoms with Crippen LogP contribution in [-0.2, 0) is 0 Å². The lowest BCUT2D eigenvalue weighted by Gasteiger charge is -2.33. The van der Waals surface area contributed by atoms with E-state index in [4.69, 9.17) is 11.6 Å². The number of benzene rings is 1. The summed E-state index contributed by atoms with van der Waals surface area (Å²) in [6.45, 7) is 2.30. The molecule has 1 saturated heterocycles. The highest BCUT2D eigenvalue weighted by atomic mass is 35.5. The lowest BCUT2D eigenvalue weighted by atomic mass is 10.1. The van der Waals surface area contributed by atoms with Crippen LogP contribution < -0.4 is 10.2 Å². The van der Waals surface area contributed by atoms with E-state index in [1.165, 1.54) is 12.1 Å². The normalized spacial score (nSPS) is 13.7. The summed E-state index contributed by atoms with van der Waals surface area (Å²) in [4.78, 5) is 10.3. The van der Waals surface area contributed by atoms with E-state index in [9.17, 15) is 0 Å². The van der Waals surface area contributed by atoms with Crippen molar-refractivity contribution in [2.45, 2.75) is 6.42 Å². The molecule has 0 bridgehead atoms. The zero-order valence-electron chi connectivity index (χ0n) is 12.3. The number of nitrogens with one attached hydrogen (secondary N) is 2. The fraction of sp³-hybridized carbons (Fsp3) is 0.188. The monoisotopic (exact) mass is 326 g/mol. The van der Waals surface area contributed by atoms with Crippen LogP contribution in [0.4, 0.5) is 17.3 Å².